The summed E-state index contributed by atoms with van der Waals surface area (Å²) in [6.45, 7) is 0. The summed E-state index contributed by atoms with van der Waals surface area (Å²) in [4.78, 5) is 0. The van der Waals surface area contributed by atoms with Gasteiger partial charge in [-0.1, -0.05) is 60.7 Å². The van der Waals surface area contributed by atoms with Crippen LogP contribution >= 0.6 is 0 Å². The molecule has 0 spiro atoms. The van der Waals surface area contributed by atoms with Gasteiger partial charge in [-0.05, 0) is 24.0 Å². The second-order valence-electron chi connectivity index (χ2n) is 7.41. The van der Waals surface area contributed by atoms with Gasteiger partial charge < -0.3 is 0 Å². The monoisotopic (exact) mass is 542 g/mol. The molecule has 0 bridgehead atoms. The molecule has 0 nitrogen and oxygen atoms in total. The first kappa shape index (κ1) is 20.0. The van der Waals surface area contributed by atoms with Crippen LogP contribution in [-0.2, 0) is 35.7 Å². The number of allylic oxidation sites excluding steroid dienone is 5. The van der Waals surface area contributed by atoms with E-state index < -0.39 is 22.9 Å². The number of fused-ring (bicyclic) bond motifs is 1. The van der Waals surface area contributed by atoms with Gasteiger partial charge in [0.2, 0.25) is 0 Å². The van der Waals surface area contributed by atoms with Crippen LogP contribution in [0.1, 0.15) is 32.3 Å². The number of rotatable bonds is 5. The van der Waals surface area contributed by atoms with Crippen molar-refractivity contribution in [3.05, 3.63) is 135 Å². The molecule has 3 aromatic rings. The normalized spacial score (nSPS) is 16.0. The van der Waals surface area contributed by atoms with Crippen LogP contribution in [0.25, 0.3) is 6.08 Å². The summed E-state index contributed by atoms with van der Waals surface area (Å²) >= 11 is -0.658. The number of hydrogen-bond donors (Lipinski definition) is 0. The van der Waals surface area contributed by atoms with Crippen molar-refractivity contribution in [1.82, 2.24) is 0 Å². The van der Waals surface area contributed by atoms with Gasteiger partial charge in [-0.15, -0.1) is 0 Å². The Morgan fingerprint density at radius 1 is 0.724 bits per heavy atom. The Morgan fingerprint density at radius 2 is 1.34 bits per heavy atom. The zero-order valence-electron chi connectivity index (χ0n) is 16.7. The third kappa shape index (κ3) is 5.87. The zero-order chi connectivity index (χ0) is 19.7. The maximum Gasteiger partial charge on any atom is -0.0238 e. The first-order valence-corrected chi connectivity index (χ1v) is 14.2. The van der Waals surface area contributed by atoms with Crippen molar-refractivity contribution < 1.29 is 22.9 Å². The molecule has 0 amide bonds. The van der Waals surface area contributed by atoms with Crippen LogP contribution in [0.2, 0.25) is 0 Å². The smallest absolute Gasteiger partial charge is 0.0238 e. The van der Waals surface area contributed by atoms with E-state index in [1.165, 1.54) is 23.1 Å². The first-order chi connectivity index (χ1) is 14.4. The van der Waals surface area contributed by atoms with Crippen LogP contribution in [-0.4, -0.2) is 0 Å². The summed E-state index contributed by atoms with van der Waals surface area (Å²) in [6, 6.07) is 30.1. The predicted molar refractivity (Wildman–Crippen MR) is 120 cm³/mol. The van der Waals surface area contributed by atoms with Crippen LogP contribution < -0.4 is 0 Å². The summed E-state index contributed by atoms with van der Waals surface area (Å²) in [5.74, 6) is 0. The maximum absolute atomic E-state index is 2.42. The van der Waals surface area contributed by atoms with E-state index in [0.29, 0.717) is 0 Å². The Hall–Kier alpha value is -2.25. The molecule has 1 heteroatoms. The number of hydrogen-bond acceptors (Lipinski definition) is 0. The van der Waals surface area contributed by atoms with Crippen LogP contribution in [0.4, 0.5) is 0 Å². The molecule has 0 saturated heterocycles. The van der Waals surface area contributed by atoms with Crippen LogP contribution in [0.5, 0.6) is 0 Å². The number of benzene rings is 3. The minimum Gasteiger partial charge on any atom is -0.0622 e. The third-order valence-corrected chi connectivity index (χ3v) is 10.9. The van der Waals surface area contributed by atoms with Gasteiger partial charge >= 0.3 is 102 Å². The quantitative estimate of drug-likeness (QED) is 0.301. The van der Waals surface area contributed by atoms with Crippen molar-refractivity contribution in [3.8, 4) is 0 Å². The van der Waals surface area contributed by atoms with Crippen LogP contribution in [0.15, 0.2) is 113 Å². The Kier molecular flexibility index (Phi) is 7.26. The predicted octanol–water partition coefficient (Wildman–Crippen LogP) is 7.15. The van der Waals surface area contributed by atoms with Crippen molar-refractivity contribution in [2.75, 3.05) is 0 Å². The van der Waals surface area contributed by atoms with Crippen molar-refractivity contribution in [2.24, 2.45) is 0 Å². The molecule has 2 aliphatic carbocycles. The summed E-state index contributed by atoms with van der Waals surface area (Å²) < 4.78 is 2.55. The van der Waals surface area contributed by atoms with Crippen molar-refractivity contribution >= 4 is 6.08 Å². The molecule has 1 unspecified atom stereocenters. The minimum atomic E-state index is -0.658. The van der Waals surface area contributed by atoms with E-state index in [1.807, 2.05) is 0 Å². The maximum atomic E-state index is 2.42. The summed E-state index contributed by atoms with van der Waals surface area (Å²) in [6.07, 6.45) is 15.1. The summed E-state index contributed by atoms with van der Waals surface area (Å²) in [5.41, 5.74) is 5.85. The molecule has 3 aromatic carbocycles. The second kappa shape index (κ2) is 10.5. The van der Waals surface area contributed by atoms with Gasteiger partial charge in [-0.3, -0.25) is 0 Å². The fourth-order valence-electron chi connectivity index (χ4n) is 3.71. The van der Waals surface area contributed by atoms with Crippen LogP contribution in [0.3, 0.4) is 0 Å². The molecule has 5 rings (SSSR count). The molecule has 0 N–H and O–H groups in total. The van der Waals surface area contributed by atoms with Crippen LogP contribution in [0, 0.1) is 0 Å². The van der Waals surface area contributed by atoms with E-state index in [2.05, 4.69) is 115 Å². The molecule has 142 valence electrons. The molecule has 0 radical (unpaired) electrons. The van der Waals surface area contributed by atoms with Gasteiger partial charge in [-0.25, -0.2) is 0 Å². The van der Waals surface area contributed by atoms with Crippen molar-refractivity contribution in [3.63, 3.8) is 0 Å². The van der Waals surface area contributed by atoms with Crippen molar-refractivity contribution in [2.45, 2.75) is 22.9 Å². The van der Waals surface area contributed by atoms with Gasteiger partial charge in [0.05, 0.1) is 0 Å². The molecule has 2 aliphatic rings. The number of aryl methyl sites for hydroxylation is 2. The molecule has 0 aromatic heterocycles. The fraction of sp³-hybridized carbons (Fsp3) is 0.143. The summed E-state index contributed by atoms with van der Waals surface area (Å²) in [5, 5.41) is 0. The average Bonchev–Trinajstić information content (AvgIpc) is 3.45. The topological polar surface area (TPSA) is 0 Å². The average molecular weight is 541 g/mol. The first-order valence-electron chi connectivity index (χ1n) is 10.4. The van der Waals surface area contributed by atoms with E-state index in [9.17, 15) is 0 Å². The Balaban J connectivity index is 0.000000142. The van der Waals surface area contributed by atoms with Crippen molar-refractivity contribution in [1.29, 1.82) is 0 Å². The second-order valence-corrected chi connectivity index (χ2v) is 13.0. The minimum absolute atomic E-state index is 0.658. The van der Waals surface area contributed by atoms with Gasteiger partial charge in [0, 0.05) is 0 Å². The molecule has 0 aliphatic heterocycles. The van der Waals surface area contributed by atoms with Gasteiger partial charge in [-0.2, -0.15) is 0 Å². The molecule has 0 fully saturated rings. The molecule has 29 heavy (non-hydrogen) atoms. The molecular formula is C28H26Hf. The summed E-state index contributed by atoms with van der Waals surface area (Å²) in [7, 11) is 0. The Labute approximate surface area is 186 Å². The van der Waals surface area contributed by atoms with E-state index in [-0.39, 0.29) is 0 Å². The van der Waals surface area contributed by atoms with E-state index >= 15 is 0 Å². The van der Waals surface area contributed by atoms with Gasteiger partial charge in [0.1, 0.15) is 0 Å². The standard InChI is InChI=1S/C14H14.C9H7.C5H5.Hf/c1-3-7-13(8-4-1)11-12-14-9-5-2-6-10-14;1-2-5-9-7-3-6-8(9)4-1;1-2-4-5-3-1;/h1-10H,11-12H2;1-7H;1-3H,4H2;. The van der Waals surface area contributed by atoms with E-state index in [1.54, 1.807) is 8.89 Å². The Bertz CT molecular complexity index is 957. The Morgan fingerprint density at radius 3 is 1.97 bits per heavy atom. The third-order valence-electron chi connectivity index (χ3n) is 5.30. The fourth-order valence-corrected chi connectivity index (χ4v) is 8.88. The van der Waals surface area contributed by atoms with E-state index in [0.717, 1.165) is 16.5 Å². The molecular weight excluding hydrogens is 515 g/mol. The van der Waals surface area contributed by atoms with Gasteiger partial charge in [0.15, 0.2) is 0 Å². The largest absolute Gasteiger partial charge is 0.0622 e. The molecule has 0 heterocycles. The SMILES string of the molecule is C1=CC[C]([Hf][CH]2C=Cc3ccccc32)=C1.c1ccc(CCc2ccccc2)cc1. The molecule has 1 atom stereocenters. The van der Waals surface area contributed by atoms with Gasteiger partial charge in [0.25, 0.3) is 0 Å². The van der Waals surface area contributed by atoms with E-state index in [4.69, 9.17) is 0 Å². The molecule has 0 saturated carbocycles. The zero-order valence-corrected chi connectivity index (χ0v) is 20.3.